The lowest BCUT2D eigenvalue weighted by Gasteiger charge is -2.46. The van der Waals surface area contributed by atoms with Crippen molar-refractivity contribution in [3.63, 3.8) is 0 Å². The van der Waals surface area contributed by atoms with Crippen LogP contribution in [0.1, 0.15) is 38.4 Å². The van der Waals surface area contributed by atoms with Gasteiger partial charge >= 0.3 is 0 Å². The highest BCUT2D eigenvalue weighted by Crippen LogP contribution is 2.40. The molecule has 28 heavy (non-hydrogen) atoms. The van der Waals surface area contributed by atoms with E-state index in [0.717, 1.165) is 38.4 Å². The molecule has 0 aliphatic carbocycles. The van der Waals surface area contributed by atoms with Crippen LogP contribution in [0.4, 0.5) is 0 Å². The first-order chi connectivity index (χ1) is 13.5. The zero-order chi connectivity index (χ0) is 19.7. The SMILES string of the molecule is CCCC(=O)N1CCC2(CC1)O[C@H](C(=O)N1CCN(C)CC1)Cn1ccnc12. The van der Waals surface area contributed by atoms with Gasteiger partial charge in [-0.05, 0) is 13.5 Å². The molecule has 2 amide bonds. The smallest absolute Gasteiger partial charge is 0.253 e. The predicted octanol–water partition coefficient (Wildman–Crippen LogP) is 0.674. The van der Waals surface area contributed by atoms with Gasteiger partial charge in [-0.25, -0.2) is 4.98 Å². The molecule has 4 rings (SSSR count). The minimum Gasteiger partial charge on any atom is -0.352 e. The van der Waals surface area contributed by atoms with Crippen molar-refractivity contribution in [2.75, 3.05) is 46.3 Å². The summed E-state index contributed by atoms with van der Waals surface area (Å²) in [4.78, 5) is 36.1. The quantitative estimate of drug-likeness (QED) is 0.760. The number of fused-ring (bicyclic) bond motifs is 2. The molecule has 3 aliphatic rings. The van der Waals surface area contributed by atoms with Crippen molar-refractivity contribution in [2.24, 2.45) is 0 Å². The van der Waals surface area contributed by atoms with E-state index in [1.165, 1.54) is 0 Å². The van der Waals surface area contributed by atoms with E-state index in [4.69, 9.17) is 4.74 Å². The van der Waals surface area contributed by atoms with Crippen LogP contribution in [0.5, 0.6) is 0 Å². The molecule has 2 fully saturated rings. The van der Waals surface area contributed by atoms with E-state index in [1.54, 1.807) is 6.20 Å². The summed E-state index contributed by atoms with van der Waals surface area (Å²) < 4.78 is 8.58. The summed E-state index contributed by atoms with van der Waals surface area (Å²) >= 11 is 0. The molecule has 0 unspecified atom stereocenters. The van der Waals surface area contributed by atoms with Crippen LogP contribution in [0.3, 0.4) is 0 Å². The molecule has 3 aliphatic heterocycles. The fourth-order valence-electron chi connectivity index (χ4n) is 4.59. The summed E-state index contributed by atoms with van der Waals surface area (Å²) in [5.74, 6) is 1.19. The lowest BCUT2D eigenvalue weighted by Crippen LogP contribution is -2.57. The summed E-state index contributed by atoms with van der Waals surface area (Å²) in [6, 6.07) is 0. The van der Waals surface area contributed by atoms with Crippen LogP contribution in [-0.4, -0.2) is 88.5 Å². The Kier molecular flexibility index (Phi) is 5.42. The molecule has 1 aromatic heterocycles. The van der Waals surface area contributed by atoms with Gasteiger partial charge in [0.25, 0.3) is 5.91 Å². The van der Waals surface area contributed by atoms with Gasteiger partial charge in [-0.1, -0.05) is 6.92 Å². The average molecular weight is 390 g/mol. The van der Waals surface area contributed by atoms with Gasteiger partial charge in [0, 0.05) is 70.9 Å². The van der Waals surface area contributed by atoms with Crippen molar-refractivity contribution < 1.29 is 14.3 Å². The van der Waals surface area contributed by atoms with Gasteiger partial charge < -0.3 is 24.0 Å². The maximum Gasteiger partial charge on any atom is 0.253 e. The summed E-state index contributed by atoms with van der Waals surface area (Å²) in [6.07, 6.45) is 6.08. The van der Waals surface area contributed by atoms with Crippen LogP contribution < -0.4 is 0 Å². The maximum absolute atomic E-state index is 13.2. The van der Waals surface area contributed by atoms with Crippen molar-refractivity contribution in [1.29, 1.82) is 0 Å². The molecule has 1 spiro atoms. The number of ether oxygens (including phenoxy) is 1. The number of aromatic nitrogens is 2. The number of rotatable bonds is 3. The number of piperidine rings is 1. The number of hydrogen-bond acceptors (Lipinski definition) is 5. The van der Waals surface area contributed by atoms with E-state index >= 15 is 0 Å². The summed E-state index contributed by atoms with van der Waals surface area (Å²) in [7, 11) is 2.08. The van der Waals surface area contributed by atoms with E-state index in [0.29, 0.717) is 38.9 Å². The Morgan fingerprint density at radius 2 is 1.86 bits per heavy atom. The molecule has 0 aromatic carbocycles. The monoisotopic (exact) mass is 389 g/mol. The molecule has 0 N–H and O–H groups in total. The van der Waals surface area contributed by atoms with Gasteiger partial charge in [0.15, 0.2) is 6.10 Å². The molecule has 4 heterocycles. The maximum atomic E-state index is 13.2. The third kappa shape index (κ3) is 3.55. The van der Waals surface area contributed by atoms with Crippen LogP contribution in [-0.2, 0) is 26.5 Å². The van der Waals surface area contributed by atoms with Crippen LogP contribution in [0.15, 0.2) is 12.4 Å². The van der Waals surface area contributed by atoms with Crippen molar-refractivity contribution >= 4 is 11.8 Å². The van der Waals surface area contributed by atoms with Crippen LogP contribution in [0, 0.1) is 0 Å². The first-order valence-corrected chi connectivity index (χ1v) is 10.5. The number of piperazine rings is 1. The van der Waals surface area contributed by atoms with Crippen LogP contribution in [0.2, 0.25) is 0 Å². The van der Waals surface area contributed by atoms with Gasteiger partial charge in [-0.2, -0.15) is 0 Å². The normalized spacial score (nSPS) is 25.0. The number of imidazole rings is 1. The lowest BCUT2D eigenvalue weighted by molar-refractivity contribution is -0.183. The van der Waals surface area contributed by atoms with E-state index in [9.17, 15) is 9.59 Å². The number of carbonyl (C=O) groups excluding carboxylic acids is 2. The first kappa shape index (κ1) is 19.4. The highest BCUT2D eigenvalue weighted by atomic mass is 16.5. The molecule has 0 bridgehead atoms. The largest absolute Gasteiger partial charge is 0.352 e. The molecular formula is C20H31N5O3. The summed E-state index contributed by atoms with van der Waals surface area (Å²) in [5.41, 5.74) is -0.572. The van der Waals surface area contributed by atoms with Gasteiger partial charge in [0.2, 0.25) is 5.91 Å². The fourth-order valence-corrected chi connectivity index (χ4v) is 4.59. The Balaban J connectivity index is 1.49. The number of likely N-dealkylation sites (tertiary alicyclic amines) is 1. The summed E-state index contributed by atoms with van der Waals surface area (Å²) in [5, 5.41) is 0. The van der Waals surface area contributed by atoms with Crippen LogP contribution >= 0.6 is 0 Å². The number of amides is 2. The topological polar surface area (TPSA) is 70.9 Å². The average Bonchev–Trinajstić information content (AvgIpc) is 3.18. The Morgan fingerprint density at radius 1 is 1.14 bits per heavy atom. The number of likely N-dealkylation sites (N-methyl/N-ethyl adjacent to an activating group) is 1. The number of carbonyl (C=O) groups is 2. The minimum atomic E-state index is -0.572. The van der Waals surface area contributed by atoms with Gasteiger partial charge in [-0.3, -0.25) is 9.59 Å². The highest BCUT2D eigenvalue weighted by molar-refractivity contribution is 5.81. The van der Waals surface area contributed by atoms with E-state index in [1.807, 2.05) is 22.9 Å². The van der Waals surface area contributed by atoms with Crippen molar-refractivity contribution in [3.05, 3.63) is 18.2 Å². The second-order valence-electron chi connectivity index (χ2n) is 8.26. The third-order valence-electron chi connectivity index (χ3n) is 6.33. The molecule has 2 saturated heterocycles. The van der Waals surface area contributed by atoms with Crippen molar-refractivity contribution in [2.45, 2.75) is 50.9 Å². The second kappa shape index (κ2) is 7.83. The molecule has 0 saturated carbocycles. The number of hydrogen-bond donors (Lipinski definition) is 0. The predicted molar refractivity (Wildman–Crippen MR) is 104 cm³/mol. The summed E-state index contributed by atoms with van der Waals surface area (Å²) in [6.45, 7) is 7.14. The van der Waals surface area contributed by atoms with Gasteiger partial charge in [0.1, 0.15) is 11.4 Å². The van der Waals surface area contributed by atoms with Gasteiger partial charge in [0.05, 0.1) is 6.54 Å². The zero-order valence-electron chi connectivity index (χ0n) is 17.0. The molecule has 8 nitrogen and oxygen atoms in total. The standard InChI is InChI=1S/C20H31N5O3/c1-3-4-17(26)23-8-5-20(6-9-23)19-21-7-10-25(19)15-16(28-20)18(27)24-13-11-22(2)12-14-24/h7,10,16H,3-6,8-9,11-15H2,1-2H3/t16-/m0/s1. The zero-order valence-corrected chi connectivity index (χ0v) is 17.0. The Bertz CT molecular complexity index is 717. The van der Waals surface area contributed by atoms with Crippen molar-refractivity contribution in [1.82, 2.24) is 24.3 Å². The fraction of sp³-hybridized carbons (Fsp3) is 0.750. The van der Waals surface area contributed by atoms with Crippen LogP contribution in [0.25, 0.3) is 0 Å². The van der Waals surface area contributed by atoms with E-state index < -0.39 is 11.7 Å². The van der Waals surface area contributed by atoms with Gasteiger partial charge in [-0.15, -0.1) is 0 Å². The number of nitrogens with zero attached hydrogens (tertiary/aromatic N) is 5. The molecule has 8 heteroatoms. The molecular weight excluding hydrogens is 358 g/mol. The van der Waals surface area contributed by atoms with E-state index in [-0.39, 0.29) is 11.8 Å². The molecule has 0 radical (unpaired) electrons. The minimum absolute atomic E-state index is 0.0799. The highest BCUT2D eigenvalue weighted by Gasteiger charge is 2.48. The van der Waals surface area contributed by atoms with Crippen molar-refractivity contribution in [3.8, 4) is 0 Å². The Labute approximate surface area is 166 Å². The molecule has 1 aromatic rings. The Hall–Kier alpha value is -1.93. The molecule has 154 valence electrons. The first-order valence-electron chi connectivity index (χ1n) is 10.5. The van der Waals surface area contributed by atoms with E-state index in [2.05, 4.69) is 21.5 Å². The molecule has 1 atom stereocenters. The third-order valence-corrected chi connectivity index (χ3v) is 6.33. The Morgan fingerprint density at radius 3 is 2.54 bits per heavy atom. The second-order valence-corrected chi connectivity index (χ2v) is 8.26. The lowest BCUT2D eigenvalue weighted by atomic mass is 9.88.